The summed E-state index contributed by atoms with van der Waals surface area (Å²) in [5.41, 5.74) is 1.25. The third kappa shape index (κ3) is 2.29. The molecule has 0 N–H and O–H groups in total. The molecule has 22 heavy (non-hydrogen) atoms. The van der Waals surface area contributed by atoms with Crippen molar-refractivity contribution in [1.82, 2.24) is 14.9 Å². The Morgan fingerprint density at radius 2 is 1.91 bits per heavy atom. The van der Waals surface area contributed by atoms with E-state index >= 15 is 0 Å². The van der Waals surface area contributed by atoms with Crippen LogP contribution in [0.2, 0.25) is 0 Å². The van der Waals surface area contributed by atoms with Gasteiger partial charge in [-0.1, -0.05) is 0 Å². The number of hydrogen-bond acceptors (Lipinski definition) is 5. The summed E-state index contributed by atoms with van der Waals surface area (Å²) in [7, 11) is 0. The Balaban J connectivity index is 1.48. The van der Waals surface area contributed by atoms with Gasteiger partial charge in [0.25, 0.3) is 0 Å². The number of fused-ring (bicyclic) bond motifs is 1. The maximum absolute atomic E-state index is 5.86. The molecule has 4 rings (SSSR count). The number of aryl methyl sites for hydroxylation is 2. The predicted molar refractivity (Wildman–Crippen MR) is 84.8 cm³/mol. The van der Waals surface area contributed by atoms with Crippen molar-refractivity contribution in [2.45, 2.75) is 45.3 Å². The average molecular weight is 298 g/mol. The van der Waals surface area contributed by atoms with Gasteiger partial charge in [-0.25, -0.2) is 9.97 Å². The SMILES string of the molecule is Cc1cc(CN2CC[C@H]3[C@H]2CCN3c2ncccn2)oc1C. The molecule has 2 aliphatic rings. The minimum absolute atomic E-state index is 0.541. The molecule has 0 bridgehead atoms. The van der Waals surface area contributed by atoms with E-state index in [9.17, 15) is 0 Å². The molecule has 0 aliphatic carbocycles. The predicted octanol–water partition coefficient (Wildman–Crippen LogP) is 2.54. The number of furan rings is 1. The highest BCUT2D eigenvalue weighted by Gasteiger charge is 2.43. The molecule has 2 atom stereocenters. The van der Waals surface area contributed by atoms with Crippen LogP contribution in [0.3, 0.4) is 0 Å². The fraction of sp³-hybridized carbons (Fsp3) is 0.529. The van der Waals surface area contributed by atoms with Gasteiger partial charge in [-0.15, -0.1) is 0 Å². The first-order valence-electron chi connectivity index (χ1n) is 8.06. The van der Waals surface area contributed by atoms with Crippen LogP contribution < -0.4 is 4.90 Å². The molecule has 0 amide bonds. The van der Waals surface area contributed by atoms with Crippen LogP contribution in [-0.4, -0.2) is 40.0 Å². The van der Waals surface area contributed by atoms with Gasteiger partial charge in [0.1, 0.15) is 11.5 Å². The summed E-state index contributed by atoms with van der Waals surface area (Å²) in [6.45, 7) is 7.23. The van der Waals surface area contributed by atoms with E-state index < -0.39 is 0 Å². The Morgan fingerprint density at radius 3 is 2.64 bits per heavy atom. The molecule has 0 saturated carbocycles. The second-order valence-electron chi connectivity index (χ2n) is 6.38. The molecule has 0 radical (unpaired) electrons. The van der Waals surface area contributed by atoms with Gasteiger partial charge >= 0.3 is 0 Å². The first-order chi connectivity index (χ1) is 10.7. The van der Waals surface area contributed by atoms with Crippen molar-refractivity contribution in [3.05, 3.63) is 41.6 Å². The molecule has 0 spiro atoms. The van der Waals surface area contributed by atoms with E-state index in [1.54, 1.807) is 0 Å². The first kappa shape index (κ1) is 13.8. The lowest BCUT2D eigenvalue weighted by Gasteiger charge is -2.25. The molecule has 2 fully saturated rings. The molecule has 4 heterocycles. The Hall–Kier alpha value is -1.88. The number of rotatable bonds is 3. The van der Waals surface area contributed by atoms with Crippen LogP contribution in [0, 0.1) is 13.8 Å². The van der Waals surface area contributed by atoms with Crippen molar-refractivity contribution in [3.8, 4) is 0 Å². The highest BCUT2D eigenvalue weighted by molar-refractivity contribution is 5.35. The molecule has 2 aromatic rings. The number of hydrogen-bond donors (Lipinski definition) is 0. The lowest BCUT2D eigenvalue weighted by atomic mass is 10.1. The molecule has 5 nitrogen and oxygen atoms in total. The van der Waals surface area contributed by atoms with Gasteiger partial charge < -0.3 is 9.32 Å². The quantitative estimate of drug-likeness (QED) is 0.871. The van der Waals surface area contributed by atoms with Gasteiger partial charge in [0, 0.05) is 37.6 Å². The molecule has 0 unspecified atom stereocenters. The second kappa shape index (κ2) is 5.39. The molecular weight excluding hydrogens is 276 g/mol. The van der Waals surface area contributed by atoms with E-state index in [-0.39, 0.29) is 0 Å². The summed E-state index contributed by atoms with van der Waals surface area (Å²) in [5, 5.41) is 0. The largest absolute Gasteiger partial charge is 0.465 e. The van der Waals surface area contributed by atoms with Crippen LogP contribution >= 0.6 is 0 Å². The number of anilines is 1. The summed E-state index contributed by atoms with van der Waals surface area (Å²) < 4.78 is 5.86. The molecule has 2 saturated heterocycles. The summed E-state index contributed by atoms with van der Waals surface area (Å²) in [5.74, 6) is 3.00. The summed E-state index contributed by atoms with van der Waals surface area (Å²) in [6.07, 6.45) is 6.02. The van der Waals surface area contributed by atoms with Gasteiger partial charge in [0.2, 0.25) is 5.95 Å². The number of likely N-dealkylation sites (tertiary alicyclic amines) is 1. The van der Waals surface area contributed by atoms with Crippen molar-refractivity contribution in [2.24, 2.45) is 0 Å². The fourth-order valence-electron chi connectivity index (χ4n) is 3.89. The van der Waals surface area contributed by atoms with Crippen molar-refractivity contribution in [3.63, 3.8) is 0 Å². The lowest BCUT2D eigenvalue weighted by molar-refractivity contribution is 0.225. The lowest BCUT2D eigenvalue weighted by Crippen LogP contribution is -2.36. The van der Waals surface area contributed by atoms with Crippen LogP contribution in [0.25, 0.3) is 0 Å². The molecule has 0 aromatic carbocycles. The number of nitrogens with zero attached hydrogens (tertiary/aromatic N) is 4. The first-order valence-corrected chi connectivity index (χ1v) is 8.06. The fourth-order valence-corrected chi connectivity index (χ4v) is 3.89. The maximum Gasteiger partial charge on any atom is 0.225 e. The van der Waals surface area contributed by atoms with Crippen molar-refractivity contribution >= 4 is 5.95 Å². The molecule has 2 aliphatic heterocycles. The molecule has 5 heteroatoms. The van der Waals surface area contributed by atoms with E-state index in [0.29, 0.717) is 12.1 Å². The van der Waals surface area contributed by atoms with E-state index in [2.05, 4.69) is 32.8 Å². The highest BCUT2D eigenvalue weighted by atomic mass is 16.3. The van der Waals surface area contributed by atoms with Crippen LogP contribution in [-0.2, 0) is 6.54 Å². The third-order valence-corrected chi connectivity index (χ3v) is 5.08. The number of aromatic nitrogens is 2. The standard InChI is InChI=1S/C17H22N4O/c1-12-10-14(22-13(12)2)11-20-8-4-16-15(20)5-9-21(16)17-18-6-3-7-19-17/h3,6-7,10,15-16H,4-5,8-9,11H2,1-2H3/t15-,16+/m1/s1. The monoisotopic (exact) mass is 298 g/mol. The Kier molecular flexibility index (Phi) is 3.37. The van der Waals surface area contributed by atoms with E-state index in [1.807, 2.05) is 25.4 Å². The zero-order chi connectivity index (χ0) is 15.1. The van der Waals surface area contributed by atoms with Gasteiger partial charge in [0.05, 0.1) is 6.54 Å². The van der Waals surface area contributed by atoms with Crippen molar-refractivity contribution < 1.29 is 4.42 Å². The van der Waals surface area contributed by atoms with E-state index in [0.717, 1.165) is 37.1 Å². The van der Waals surface area contributed by atoms with Crippen molar-refractivity contribution in [2.75, 3.05) is 18.0 Å². The normalized spacial score (nSPS) is 24.9. The van der Waals surface area contributed by atoms with Gasteiger partial charge in [-0.2, -0.15) is 0 Å². The second-order valence-corrected chi connectivity index (χ2v) is 6.38. The van der Waals surface area contributed by atoms with Crippen LogP contribution in [0.5, 0.6) is 0 Å². The molecular formula is C17H22N4O. The molecule has 2 aromatic heterocycles. The van der Waals surface area contributed by atoms with E-state index in [1.165, 1.54) is 18.4 Å². The zero-order valence-corrected chi connectivity index (χ0v) is 13.2. The summed E-state index contributed by atoms with van der Waals surface area (Å²) >= 11 is 0. The minimum Gasteiger partial charge on any atom is -0.465 e. The minimum atomic E-state index is 0.541. The van der Waals surface area contributed by atoms with E-state index in [4.69, 9.17) is 4.42 Å². The third-order valence-electron chi connectivity index (χ3n) is 5.08. The summed E-state index contributed by atoms with van der Waals surface area (Å²) in [6, 6.07) is 5.18. The molecule has 116 valence electrons. The average Bonchev–Trinajstić information content (AvgIpc) is 3.18. The summed E-state index contributed by atoms with van der Waals surface area (Å²) in [4.78, 5) is 13.8. The smallest absolute Gasteiger partial charge is 0.225 e. The van der Waals surface area contributed by atoms with Gasteiger partial charge in [-0.3, -0.25) is 4.90 Å². The Morgan fingerprint density at radius 1 is 1.14 bits per heavy atom. The Bertz CT molecular complexity index is 634. The maximum atomic E-state index is 5.86. The van der Waals surface area contributed by atoms with Crippen LogP contribution in [0.15, 0.2) is 28.9 Å². The Labute approximate surface area is 131 Å². The van der Waals surface area contributed by atoms with Crippen LogP contribution in [0.4, 0.5) is 5.95 Å². The van der Waals surface area contributed by atoms with Gasteiger partial charge in [0.15, 0.2) is 0 Å². The topological polar surface area (TPSA) is 45.4 Å². The van der Waals surface area contributed by atoms with Crippen LogP contribution in [0.1, 0.15) is 29.9 Å². The highest BCUT2D eigenvalue weighted by Crippen LogP contribution is 2.34. The van der Waals surface area contributed by atoms with Crippen molar-refractivity contribution in [1.29, 1.82) is 0 Å². The van der Waals surface area contributed by atoms with Gasteiger partial charge in [-0.05, 0) is 44.4 Å². The zero-order valence-electron chi connectivity index (χ0n) is 13.2.